The Morgan fingerprint density at radius 3 is 3.00 bits per heavy atom. The maximum absolute atomic E-state index is 11.1. The van der Waals surface area contributed by atoms with E-state index >= 15 is 0 Å². The Balaban J connectivity index is 1.78. The number of hydrogen-bond acceptors (Lipinski definition) is 7. The van der Waals surface area contributed by atoms with Crippen molar-refractivity contribution in [3.8, 4) is 17.2 Å². The third kappa shape index (κ3) is 4.16. The molecule has 2 heterocycles. The van der Waals surface area contributed by atoms with Crippen LogP contribution in [0.1, 0.15) is 24.7 Å². The number of aromatic nitrogens is 3. The van der Waals surface area contributed by atoms with Crippen molar-refractivity contribution in [2.24, 2.45) is 0 Å². The zero-order valence-corrected chi connectivity index (χ0v) is 14.8. The summed E-state index contributed by atoms with van der Waals surface area (Å²) in [5.41, 5.74) is 0. The molecule has 0 amide bonds. The second-order valence-corrected chi connectivity index (χ2v) is 6.44. The van der Waals surface area contributed by atoms with Gasteiger partial charge in [0, 0.05) is 18.2 Å². The van der Waals surface area contributed by atoms with Gasteiger partial charge in [0.15, 0.2) is 29.3 Å². The molecule has 1 aliphatic heterocycles. The van der Waals surface area contributed by atoms with Gasteiger partial charge in [-0.15, -0.1) is 0 Å². The number of hydrogen-bond donors (Lipinski definition) is 1. The first-order valence-corrected chi connectivity index (χ1v) is 9.17. The van der Waals surface area contributed by atoms with Crippen LogP contribution >= 0.6 is 11.8 Å². The predicted octanol–water partition coefficient (Wildman–Crippen LogP) is 2.14. The Kier molecular flexibility index (Phi) is 5.32. The summed E-state index contributed by atoms with van der Waals surface area (Å²) in [6, 6.07) is 5.29. The number of carboxylic acids is 1. The van der Waals surface area contributed by atoms with Crippen LogP contribution in [0.4, 0.5) is 0 Å². The molecule has 0 aliphatic carbocycles. The van der Waals surface area contributed by atoms with Crippen LogP contribution in [-0.4, -0.2) is 44.6 Å². The van der Waals surface area contributed by atoms with Crippen molar-refractivity contribution in [2.45, 2.75) is 26.0 Å². The normalized spacial score (nSPS) is 13.7. The molecule has 8 nitrogen and oxygen atoms in total. The number of nitrogens with zero attached hydrogens (tertiary/aromatic N) is 3. The van der Waals surface area contributed by atoms with Gasteiger partial charge in [-0.25, -0.2) is 9.67 Å². The maximum atomic E-state index is 11.1. The highest BCUT2D eigenvalue weighted by Gasteiger charge is 2.21. The molecular weight excluding hydrogens is 346 g/mol. The molecule has 9 heteroatoms. The Labute approximate surface area is 149 Å². The van der Waals surface area contributed by atoms with E-state index in [9.17, 15) is 4.79 Å². The fourth-order valence-corrected chi connectivity index (χ4v) is 2.84. The lowest BCUT2D eigenvalue weighted by molar-refractivity contribution is -0.138. The van der Waals surface area contributed by atoms with Gasteiger partial charge in [0.25, 0.3) is 0 Å². The third-order valence-electron chi connectivity index (χ3n) is 3.58. The average Bonchev–Trinajstić information content (AvgIpc) is 3.18. The molecule has 3 rings (SSSR count). The molecule has 1 unspecified atom stereocenters. The summed E-state index contributed by atoms with van der Waals surface area (Å²) in [5, 5.41) is 13.4. The molecule has 1 aromatic carbocycles. The minimum absolute atomic E-state index is 0.195. The van der Waals surface area contributed by atoms with Crippen molar-refractivity contribution >= 4 is 17.7 Å². The van der Waals surface area contributed by atoms with Crippen molar-refractivity contribution in [1.82, 2.24) is 14.8 Å². The molecule has 2 aromatic rings. The van der Waals surface area contributed by atoms with Crippen LogP contribution in [0.2, 0.25) is 0 Å². The van der Waals surface area contributed by atoms with Crippen LogP contribution in [0.3, 0.4) is 0 Å². The van der Waals surface area contributed by atoms with Crippen molar-refractivity contribution in [3.63, 3.8) is 0 Å². The van der Waals surface area contributed by atoms with E-state index in [1.54, 1.807) is 30.0 Å². The van der Waals surface area contributed by atoms with Crippen LogP contribution in [-0.2, 0) is 17.8 Å². The lowest BCUT2D eigenvalue weighted by Crippen LogP contribution is -2.17. The number of fused-ring (bicyclic) bond motifs is 1. The SMILES string of the molecule is CSCCc1nc(C(C)Oc2ccc3c(c2)OCO3)n(CC(=O)O)n1. The maximum Gasteiger partial charge on any atom is 0.325 e. The fourth-order valence-electron chi connectivity index (χ4n) is 2.45. The second kappa shape index (κ2) is 7.64. The Morgan fingerprint density at radius 2 is 2.24 bits per heavy atom. The van der Waals surface area contributed by atoms with Gasteiger partial charge in [-0.05, 0) is 25.3 Å². The van der Waals surface area contributed by atoms with Gasteiger partial charge in [0.1, 0.15) is 12.3 Å². The van der Waals surface area contributed by atoms with Crippen LogP contribution in [0.5, 0.6) is 17.2 Å². The Morgan fingerprint density at radius 1 is 1.44 bits per heavy atom. The monoisotopic (exact) mass is 365 g/mol. The van der Waals surface area contributed by atoms with Gasteiger partial charge in [-0.2, -0.15) is 16.9 Å². The van der Waals surface area contributed by atoms with Crippen LogP contribution in [0.25, 0.3) is 0 Å². The van der Waals surface area contributed by atoms with E-state index in [0.717, 1.165) is 5.75 Å². The topological polar surface area (TPSA) is 95.7 Å². The fraction of sp³-hybridized carbons (Fsp3) is 0.438. The molecule has 1 aliphatic rings. The van der Waals surface area contributed by atoms with Crippen molar-refractivity contribution < 1.29 is 24.1 Å². The first kappa shape index (κ1) is 17.4. The van der Waals surface area contributed by atoms with E-state index in [-0.39, 0.29) is 13.3 Å². The highest BCUT2D eigenvalue weighted by molar-refractivity contribution is 7.98. The van der Waals surface area contributed by atoms with Crippen LogP contribution in [0, 0.1) is 0 Å². The first-order chi connectivity index (χ1) is 12.1. The van der Waals surface area contributed by atoms with E-state index in [1.165, 1.54) is 4.68 Å². The van der Waals surface area contributed by atoms with Gasteiger partial charge in [-0.1, -0.05) is 0 Å². The van der Waals surface area contributed by atoms with Crippen LogP contribution < -0.4 is 14.2 Å². The van der Waals surface area contributed by atoms with Gasteiger partial charge in [-0.3, -0.25) is 4.79 Å². The molecular formula is C16H19N3O5S. The smallest absolute Gasteiger partial charge is 0.325 e. The molecule has 25 heavy (non-hydrogen) atoms. The number of aliphatic carboxylic acids is 1. The first-order valence-electron chi connectivity index (χ1n) is 7.77. The van der Waals surface area contributed by atoms with Crippen molar-refractivity contribution in [1.29, 1.82) is 0 Å². The van der Waals surface area contributed by atoms with E-state index in [0.29, 0.717) is 35.3 Å². The number of carboxylic acid groups (broad SMARTS) is 1. The van der Waals surface area contributed by atoms with Crippen LogP contribution in [0.15, 0.2) is 18.2 Å². The number of aryl methyl sites for hydroxylation is 1. The number of thioether (sulfide) groups is 1. The molecule has 0 radical (unpaired) electrons. The lowest BCUT2D eigenvalue weighted by atomic mass is 10.3. The van der Waals surface area contributed by atoms with Crippen molar-refractivity contribution in [3.05, 3.63) is 29.8 Å². The Bertz CT molecular complexity index is 764. The summed E-state index contributed by atoms with van der Waals surface area (Å²) in [6.45, 7) is 1.75. The third-order valence-corrected chi connectivity index (χ3v) is 4.19. The summed E-state index contributed by atoms with van der Waals surface area (Å²) < 4.78 is 17.9. The lowest BCUT2D eigenvalue weighted by Gasteiger charge is -2.14. The standard InChI is InChI=1S/C16H19N3O5S/c1-10(24-11-3-4-12-13(7-11)23-9-22-12)16-17-14(5-6-25-2)18-19(16)8-15(20)21/h3-4,7,10H,5-6,8-9H2,1-2H3,(H,20,21). The summed E-state index contributed by atoms with van der Waals surface area (Å²) >= 11 is 1.69. The van der Waals surface area contributed by atoms with Crippen molar-refractivity contribution in [2.75, 3.05) is 18.8 Å². The van der Waals surface area contributed by atoms with E-state index < -0.39 is 12.1 Å². The summed E-state index contributed by atoms with van der Waals surface area (Å²) in [6.07, 6.45) is 2.22. The minimum atomic E-state index is -0.974. The zero-order chi connectivity index (χ0) is 17.8. The molecule has 0 bridgehead atoms. The summed E-state index contributed by atoms with van der Waals surface area (Å²) in [4.78, 5) is 15.6. The largest absolute Gasteiger partial charge is 0.483 e. The quantitative estimate of drug-likeness (QED) is 0.760. The summed E-state index contributed by atoms with van der Waals surface area (Å²) in [7, 11) is 0. The number of carbonyl (C=O) groups is 1. The van der Waals surface area contributed by atoms with Gasteiger partial charge >= 0.3 is 5.97 Å². The van der Waals surface area contributed by atoms with E-state index in [4.69, 9.17) is 19.3 Å². The zero-order valence-electron chi connectivity index (χ0n) is 14.0. The number of rotatable bonds is 8. The molecule has 1 N–H and O–H groups in total. The van der Waals surface area contributed by atoms with Gasteiger partial charge < -0.3 is 19.3 Å². The average molecular weight is 365 g/mol. The van der Waals surface area contributed by atoms with E-state index in [1.807, 2.05) is 13.2 Å². The van der Waals surface area contributed by atoms with E-state index in [2.05, 4.69) is 10.1 Å². The highest BCUT2D eigenvalue weighted by atomic mass is 32.2. The molecule has 0 saturated heterocycles. The van der Waals surface area contributed by atoms with Gasteiger partial charge in [0.2, 0.25) is 6.79 Å². The minimum Gasteiger partial charge on any atom is -0.483 e. The second-order valence-electron chi connectivity index (χ2n) is 5.46. The predicted molar refractivity (Wildman–Crippen MR) is 91.4 cm³/mol. The molecule has 1 atom stereocenters. The molecule has 0 fully saturated rings. The van der Waals surface area contributed by atoms with Gasteiger partial charge in [0.05, 0.1) is 0 Å². The number of ether oxygens (including phenoxy) is 3. The summed E-state index contributed by atoms with van der Waals surface area (Å²) in [5.74, 6) is 2.88. The number of benzene rings is 1. The Hall–Kier alpha value is -2.42. The molecule has 0 spiro atoms. The molecule has 1 aromatic heterocycles. The molecule has 0 saturated carbocycles. The molecule has 134 valence electrons. The highest BCUT2D eigenvalue weighted by Crippen LogP contribution is 2.36.